The molecular weight excluding hydrogens is 212 g/mol. The highest BCUT2D eigenvalue weighted by atomic mass is 16.5. The van der Waals surface area contributed by atoms with Crippen LogP contribution in [0.2, 0.25) is 0 Å². The highest BCUT2D eigenvalue weighted by Crippen LogP contribution is 2.25. The Balaban J connectivity index is 2.55. The quantitative estimate of drug-likeness (QED) is 0.709. The number of hydrogen-bond acceptors (Lipinski definition) is 3. The van der Waals surface area contributed by atoms with Gasteiger partial charge in [-0.1, -0.05) is 26.7 Å². The van der Waals surface area contributed by atoms with E-state index >= 15 is 0 Å². The fraction of sp³-hybridized carbons (Fsp3) is 1.00. The molecule has 1 rings (SSSR count). The molecule has 3 heteroatoms. The molecule has 0 aromatic carbocycles. The van der Waals surface area contributed by atoms with Crippen LogP contribution in [-0.4, -0.2) is 43.8 Å². The van der Waals surface area contributed by atoms with Crippen molar-refractivity contribution in [1.29, 1.82) is 0 Å². The highest BCUT2D eigenvalue weighted by molar-refractivity contribution is 4.83. The molecule has 0 bridgehead atoms. The van der Waals surface area contributed by atoms with Gasteiger partial charge in [0, 0.05) is 25.7 Å². The van der Waals surface area contributed by atoms with E-state index < -0.39 is 0 Å². The summed E-state index contributed by atoms with van der Waals surface area (Å²) in [6.45, 7) is 7.24. The van der Waals surface area contributed by atoms with E-state index in [9.17, 15) is 0 Å². The van der Waals surface area contributed by atoms with Crippen LogP contribution >= 0.6 is 0 Å². The molecule has 0 aliphatic heterocycles. The summed E-state index contributed by atoms with van der Waals surface area (Å²) in [5, 5.41) is 0. The van der Waals surface area contributed by atoms with Gasteiger partial charge in [0.25, 0.3) is 0 Å². The predicted molar refractivity (Wildman–Crippen MR) is 73.1 cm³/mol. The molecular formula is C14H30N2O. The molecule has 1 aliphatic rings. The maximum Gasteiger partial charge on any atom is 0.0630 e. The van der Waals surface area contributed by atoms with Crippen molar-refractivity contribution in [3.05, 3.63) is 0 Å². The van der Waals surface area contributed by atoms with Gasteiger partial charge in [-0.3, -0.25) is 4.90 Å². The molecule has 0 heterocycles. The van der Waals surface area contributed by atoms with Crippen molar-refractivity contribution in [1.82, 2.24) is 4.90 Å². The maximum atomic E-state index is 5.91. The fourth-order valence-corrected chi connectivity index (χ4v) is 2.80. The topological polar surface area (TPSA) is 38.5 Å². The highest BCUT2D eigenvalue weighted by Gasteiger charge is 2.27. The lowest BCUT2D eigenvalue weighted by Crippen LogP contribution is -2.49. The average Bonchev–Trinajstić information content (AvgIpc) is 2.81. The van der Waals surface area contributed by atoms with Crippen molar-refractivity contribution in [2.45, 2.75) is 58.0 Å². The zero-order valence-corrected chi connectivity index (χ0v) is 11.8. The van der Waals surface area contributed by atoms with Crippen molar-refractivity contribution in [2.24, 2.45) is 11.7 Å². The number of ether oxygens (including phenoxy) is 1. The predicted octanol–water partition coefficient (Wildman–Crippen LogP) is 2.25. The second-order valence-corrected chi connectivity index (χ2v) is 5.70. The lowest BCUT2D eigenvalue weighted by molar-refractivity contribution is 0.0621. The SMILES string of the molecule is COCC(CN)N(CCC(C)C)C1CCCC1. The Labute approximate surface area is 107 Å². The molecule has 2 N–H and O–H groups in total. The van der Waals surface area contributed by atoms with Gasteiger partial charge in [0.2, 0.25) is 0 Å². The van der Waals surface area contributed by atoms with Crippen LogP contribution in [0, 0.1) is 5.92 Å². The summed E-state index contributed by atoms with van der Waals surface area (Å²) in [5.41, 5.74) is 5.91. The summed E-state index contributed by atoms with van der Waals surface area (Å²) in [6.07, 6.45) is 6.72. The lowest BCUT2D eigenvalue weighted by atomic mass is 10.1. The Morgan fingerprint density at radius 1 is 1.29 bits per heavy atom. The summed E-state index contributed by atoms with van der Waals surface area (Å²) >= 11 is 0. The molecule has 1 aliphatic carbocycles. The number of hydrogen-bond donors (Lipinski definition) is 1. The van der Waals surface area contributed by atoms with Crippen LogP contribution in [0.15, 0.2) is 0 Å². The van der Waals surface area contributed by atoms with E-state index in [2.05, 4.69) is 18.7 Å². The van der Waals surface area contributed by atoms with Crippen molar-refractivity contribution in [2.75, 3.05) is 26.8 Å². The van der Waals surface area contributed by atoms with Crippen LogP contribution in [0.25, 0.3) is 0 Å². The second-order valence-electron chi connectivity index (χ2n) is 5.70. The normalized spacial score (nSPS) is 19.4. The number of rotatable bonds is 8. The zero-order chi connectivity index (χ0) is 12.7. The van der Waals surface area contributed by atoms with Crippen molar-refractivity contribution < 1.29 is 4.74 Å². The van der Waals surface area contributed by atoms with E-state index in [0.29, 0.717) is 12.6 Å². The minimum atomic E-state index is 0.404. The molecule has 1 fully saturated rings. The molecule has 0 radical (unpaired) electrons. The van der Waals surface area contributed by atoms with Gasteiger partial charge in [-0.25, -0.2) is 0 Å². The van der Waals surface area contributed by atoms with Crippen LogP contribution in [0.5, 0.6) is 0 Å². The van der Waals surface area contributed by atoms with Crippen LogP contribution in [-0.2, 0) is 4.74 Å². The third-order valence-corrected chi connectivity index (χ3v) is 3.86. The Morgan fingerprint density at radius 3 is 2.41 bits per heavy atom. The van der Waals surface area contributed by atoms with Crippen molar-refractivity contribution in [3.63, 3.8) is 0 Å². The molecule has 0 saturated heterocycles. The van der Waals surface area contributed by atoms with Crippen LogP contribution in [0.3, 0.4) is 0 Å². The van der Waals surface area contributed by atoms with Crippen LogP contribution in [0.1, 0.15) is 46.0 Å². The third-order valence-electron chi connectivity index (χ3n) is 3.86. The lowest BCUT2D eigenvalue weighted by Gasteiger charge is -2.36. The van der Waals surface area contributed by atoms with Gasteiger partial charge in [0.15, 0.2) is 0 Å². The Hall–Kier alpha value is -0.120. The van der Waals surface area contributed by atoms with Crippen LogP contribution in [0.4, 0.5) is 0 Å². The van der Waals surface area contributed by atoms with E-state index in [0.717, 1.165) is 18.6 Å². The van der Waals surface area contributed by atoms with E-state index in [1.807, 2.05) is 0 Å². The molecule has 1 saturated carbocycles. The van der Waals surface area contributed by atoms with E-state index in [1.165, 1.54) is 38.6 Å². The second kappa shape index (κ2) is 8.06. The number of nitrogens with two attached hydrogens (primary N) is 1. The van der Waals surface area contributed by atoms with Gasteiger partial charge < -0.3 is 10.5 Å². The van der Waals surface area contributed by atoms with Gasteiger partial charge in [-0.2, -0.15) is 0 Å². The first-order valence-electron chi connectivity index (χ1n) is 7.13. The van der Waals surface area contributed by atoms with Gasteiger partial charge in [-0.15, -0.1) is 0 Å². The van der Waals surface area contributed by atoms with E-state index in [1.54, 1.807) is 7.11 Å². The van der Waals surface area contributed by atoms with Gasteiger partial charge >= 0.3 is 0 Å². The largest absolute Gasteiger partial charge is 0.383 e. The van der Waals surface area contributed by atoms with Crippen LogP contribution < -0.4 is 5.73 Å². The third kappa shape index (κ3) is 4.94. The standard InChI is InChI=1S/C14H30N2O/c1-12(2)8-9-16(13-6-4-5-7-13)14(10-15)11-17-3/h12-14H,4-11,15H2,1-3H3. The first kappa shape index (κ1) is 14.9. The Morgan fingerprint density at radius 2 is 1.94 bits per heavy atom. The first-order valence-corrected chi connectivity index (χ1v) is 7.13. The number of nitrogens with zero attached hydrogens (tertiary/aromatic N) is 1. The van der Waals surface area contributed by atoms with Gasteiger partial charge in [0.1, 0.15) is 0 Å². The smallest absolute Gasteiger partial charge is 0.0630 e. The molecule has 1 atom stereocenters. The van der Waals surface area contributed by atoms with Gasteiger partial charge in [-0.05, 0) is 31.7 Å². The molecule has 0 spiro atoms. The summed E-state index contributed by atoms with van der Waals surface area (Å²) in [5.74, 6) is 0.764. The van der Waals surface area contributed by atoms with E-state index in [4.69, 9.17) is 10.5 Å². The molecule has 0 amide bonds. The minimum Gasteiger partial charge on any atom is -0.383 e. The fourth-order valence-electron chi connectivity index (χ4n) is 2.80. The zero-order valence-electron chi connectivity index (χ0n) is 11.8. The summed E-state index contributed by atoms with van der Waals surface area (Å²) in [4.78, 5) is 2.62. The number of methoxy groups -OCH3 is 1. The maximum absolute atomic E-state index is 5.91. The van der Waals surface area contributed by atoms with Crippen molar-refractivity contribution >= 4 is 0 Å². The molecule has 0 aromatic rings. The Bertz CT molecular complexity index is 191. The van der Waals surface area contributed by atoms with Gasteiger partial charge in [0.05, 0.1) is 6.61 Å². The average molecular weight is 242 g/mol. The summed E-state index contributed by atoms with van der Waals surface area (Å²) in [6, 6.07) is 1.15. The van der Waals surface area contributed by atoms with E-state index in [-0.39, 0.29) is 0 Å². The molecule has 1 unspecified atom stereocenters. The molecule has 102 valence electrons. The Kier molecular flexibility index (Phi) is 7.09. The molecule has 17 heavy (non-hydrogen) atoms. The molecule has 0 aromatic heterocycles. The molecule has 3 nitrogen and oxygen atoms in total. The minimum absolute atomic E-state index is 0.404. The summed E-state index contributed by atoms with van der Waals surface area (Å²) < 4.78 is 5.32. The first-order chi connectivity index (χ1) is 8.19. The summed E-state index contributed by atoms with van der Waals surface area (Å²) in [7, 11) is 1.78. The monoisotopic (exact) mass is 242 g/mol. The van der Waals surface area contributed by atoms with Crippen molar-refractivity contribution in [3.8, 4) is 0 Å².